The van der Waals surface area contributed by atoms with Crippen molar-refractivity contribution in [1.29, 1.82) is 0 Å². The summed E-state index contributed by atoms with van der Waals surface area (Å²) >= 11 is 0. The predicted octanol–water partition coefficient (Wildman–Crippen LogP) is 1.67. The van der Waals surface area contributed by atoms with E-state index in [1.54, 1.807) is 0 Å². The quantitative estimate of drug-likeness (QED) is 0.885. The van der Waals surface area contributed by atoms with Gasteiger partial charge < -0.3 is 10.5 Å². The highest BCUT2D eigenvalue weighted by molar-refractivity contribution is 5.75. The summed E-state index contributed by atoms with van der Waals surface area (Å²) in [6, 6.07) is 10.0. The highest BCUT2D eigenvalue weighted by Crippen LogP contribution is 2.41. The summed E-state index contributed by atoms with van der Waals surface area (Å²) in [6.45, 7) is 4.01. The standard InChI is InChI=1S/C14H20N2O2/c1-10-14(2,9-12(15)17)16(3)13(18-10)11-7-5-4-6-8-11/h4-8,10,13H,9H2,1-3H3,(H2,15,17). The Labute approximate surface area is 108 Å². The molecule has 0 radical (unpaired) electrons. The lowest BCUT2D eigenvalue weighted by atomic mass is 9.90. The van der Waals surface area contributed by atoms with Crippen molar-refractivity contribution in [3.05, 3.63) is 35.9 Å². The van der Waals surface area contributed by atoms with Gasteiger partial charge in [0, 0.05) is 6.42 Å². The van der Waals surface area contributed by atoms with Crippen LogP contribution in [0.5, 0.6) is 0 Å². The van der Waals surface area contributed by atoms with Gasteiger partial charge in [0.05, 0.1) is 11.6 Å². The van der Waals surface area contributed by atoms with Crippen molar-refractivity contribution in [2.45, 2.75) is 38.1 Å². The van der Waals surface area contributed by atoms with E-state index in [2.05, 4.69) is 4.90 Å². The van der Waals surface area contributed by atoms with E-state index in [4.69, 9.17) is 10.5 Å². The number of primary amides is 1. The largest absolute Gasteiger partial charge is 0.370 e. The lowest BCUT2D eigenvalue weighted by Crippen LogP contribution is -2.48. The van der Waals surface area contributed by atoms with Gasteiger partial charge in [-0.15, -0.1) is 0 Å². The number of hydrogen-bond acceptors (Lipinski definition) is 3. The van der Waals surface area contributed by atoms with Crippen molar-refractivity contribution in [1.82, 2.24) is 4.90 Å². The van der Waals surface area contributed by atoms with Crippen molar-refractivity contribution in [3.8, 4) is 0 Å². The Morgan fingerprint density at radius 1 is 1.44 bits per heavy atom. The predicted molar refractivity (Wildman–Crippen MR) is 69.7 cm³/mol. The van der Waals surface area contributed by atoms with E-state index in [-0.39, 0.29) is 23.8 Å². The smallest absolute Gasteiger partial charge is 0.219 e. The third-order valence-electron chi connectivity index (χ3n) is 3.98. The van der Waals surface area contributed by atoms with Crippen LogP contribution in [-0.4, -0.2) is 29.5 Å². The highest BCUT2D eigenvalue weighted by atomic mass is 16.5. The molecule has 2 N–H and O–H groups in total. The number of carbonyl (C=O) groups excluding carboxylic acids is 1. The average molecular weight is 248 g/mol. The molecule has 4 nitrogen and oxygen atoms in total. The van der Waals surface area contributed by atoms with Crippen LogP contribution >= 0.6 is 0 Å². The zero-order chi connectivity index (χ0) is 13.3. The maximum atomic E-state index is 11.2. The first-order chi connectivity index (χ1) is 8.45. The van der Waals surface area contributed by atoms with Crippen LogP contribution in [0.15, 0.2) is 30.3 Å². The zero-order valence-electron chi connectivity index (χ0n) is 11.1. The van der Waals surface area contributed by atoms with Crippen molar-refractivity contribution < 1.29 is 9.53 Å². The van der Waals surface area contributed by atoms with E-state index in [1.807, 2.05) is 51.2 Å². The van der Waals surface area contributed by atoms with Gasteiger partial charge >= 0.3 is 0 Å². The topological polar surface area (TPSA) is 55.6 Å². The first-order valence-electron chi connectivity index (χ1n) is 6.17. The molecular weight excluding hydrogens is 228 g/mol. The van der Waals surface area contributed by atoms with Crippen LogP contribution in [0.3, 0.4) is 0 Å². The van der Waals surface area contributed by atoms with Gasteiger partial charge in [-0.1, -0.05) is 30.3 Å². The number of carbonyl (C=O) groups is 1. The van der Waals surface area contributed by atoms with Crippen LogP contribution in [0.2, 0.25) is 0 Å². The molecule has 0 bridgehead atoms. The minimum absolute atomic E-state index is 0.0415. The molecule has 98 valence electrons. The van der Waals surface area contributed by atoms with Crippen LogP contribution in [0, 0.1) is 0 Å². The minimum Gasteiger partial charge on any atom is -0.370 e. The Balaban J connectivity index is 2.26. The molecule has 3 unspecified atom stereocenters. The Hall–Kier alpha value is -1.39. The fourth-order valence-corrected chi connectivity index (χ4v) is 2.53. The summed E-state index contributed by atoms with van der Waals surface area (Å²) in [5.41, 5.74) is 6.09. The molecular formula is C14H20N2O2. The highest BCUT2D eigenvalue weighted by Gasteiger charge is 2.48. The fourth-order valence-electron chi connectivity index (χ4n) is 2.53. The number of hydrogen-bond donors (Lipinski definition) is 1. The Morgan fingerprint density at radius 3 is 2.61 bits per heavy atom. The molecule has 1 fully saturated rings. The molecule has 1 saturated heterocycles. The second kappa shape index (κ2) is 4.71. The summed E-state index contributed by atoms with van der Waals surface area (Å²) in [5.74, 6) is -0.298. The Morgan fingerprint density at radius 2 is 2.06 bits per heavy atom. The van der Waals surface area contributed by atoms with E-state index in [9.17, 15) is 4.79 Å². The second-order valence-electron chi connectivity index (χ2n) is 5.15. The van der Waals surface area contributed by atoms with Gasteiger partial charge in [-0.2, -0.15) is 0 Å². The summed E-state index contributed by atoms with van der Waals surface area (Å²) in [6.07, 6.45) is 0.138. The lowest BCUT2D eigenvalue weighted by molar-refractivity contribution is -0.120. The number of benzene rings is 1. The SMILES string of the molecule is CC1OC(c2ccccc2)N(C)C1(C)CC(N)=O. The third-order valence-corrected chi connectivity index (χ3v) is 3.98. The van der Waals surface area contributed by atoms with Crippen molar-refractivity contribution in [2.24, 2.45) is 5.73 Å². The normalized spacial score (nSPS) is 32.6. The monoisotopic (exact) mass is 248 g/mol. The molecule has 1 aliphatic rings. The van der Waals surface area contributed by atoms with Crippen LogP contribution in [0.4, 0.5) is 0 Å². The van der Waals surface area contributed by atoms with Gasteiger partial charge in [0.25, 0.3) is 0 Å². The van der Waals surface area contributed by atoms with Crippen molar-refractivity contribution >= 4 is 5.91 Å². The summed E-state index contributed by atoms with van der Waals surface area (Å²) in [7, 11) is 1.98. The average Bonchev–Trinajstić information content (AvgIpc) is 2.54. The number of nitrogens with zero attached hydrogens (tertiary/aromatic N) is 1. The van der Waals surface area contributed by atoms with E-state index in [0.29, 0.717) is 6.42 Å². The molecule has 1 aliphatic heterocycles. The molecule has 4 heteroatoms. The zero-order valence-corrected chi connectivity index (χ0v) is 11.1. The summed E-state index contributed by atoms with van der Waals surface area (Å²) in [5, 5.41) is 0. The molecule has 1 amide bonds. The molecule has 1 aromatic carbocycles. The number of amides is 1. The number of rotatable bonds is 3. The number of ether oxygens (including phenoxy) is 1. The van der Waals surface area contributed by atoms with Gasteiger partial charge in [-0.25, -0.2) is 0 Å². The van der Waals surface area contributed by atoms with Crippen LogP contribution in [0.1, 0.15) is 32.1 Å². The molecule has 3 atom stereocenters. The van der Waals surface area contributed by atoms with Gasteiger partial charge in [-0.3, -0.25) is 9.69 Å². The van der Waals surface area contributed by atoms with Gasteiger partial charge in [-0.05, 0) is 26.5 Å². The Bertz CT molecular complexity index is 435. The molecule has 1 heterocycles. The second-order valence-corrected chi connectivity index (χ2v) is 5.15. The van der Waals surface area contributed by atoms with Gasteiger partial charge in [0.15, 0.2) is 0 Å². The summed E-state index contributed by atoms with van der Waals surface area (Å²) < 4.78 is 5.99. The molecule has 0 aromatic heterocycles. The van der Waals surface area contributed by atoms with Crippen LogP contribution in [0.25, 0.3) is 0 Å². The lowest BCUT2D eigenvalue weighted by Gasteiger charge is -2.34. The maximum absolute atomic E-state index is 11.2. The first-order valence-corrected chi connectivity index (χ1v) is 6.17. The maximum Gasteiger partial charge on any atom is 0.219 e. The van der Waals surface area contributed by atoms with Crippen LogP contribution in [-0.2, 0) is 9.53 Å². The molecule has 18 heavy (non-hydrogen) atoms. The van der Waals surface area contributed by atoms with Crippen LogP contribution < -0.4 is 5.73 Å². The number of likely N-dealkylation sites (N-methyl/N-ethyl adjacent to an activating group) is 1. The summed E-state index contributed by atoms with van der Waals surface area (Å²) in [4.78, 5) is 13.3. The molecule has 0 spiro atoms. The van der Waals surface area contributed by atoms with E-state index >= 15 is 0 Å². The van der Waals surface area contributed by atoms with E-state index in [0.717, 1.165) is 5.56 Å². The molecule has 0 aliphatic carbocycles. The molecule has 0 saturated carbocycles. The van der Waals surface area contributed by atoms with Gasteiger partial charge in [0.2, 0.25) is 5.91 Å². The third kappa shape index (κ3) is 2.13. The van der Waals surface area contributed by atoms with E-state index in [1.165, 1.54) is 0 Å². The first kappa shape index (κ1) is 13.1. The Kier molecular flexibility index (Phi) is 3.41. The molecule has 2 rings (SSSR count). The van der Waals surface area contributed by atoms with E-state index < -0.39 is 0 Å². The van der Waals surface area contributed by atoms with Crippen molar-refractivity contribution in [3.63, 3.8) is 0 Å². The minimum atomic E-state index is -0.355. The van der Waals surface area contributed by atoms with Crippen molar-refractivity contribution in [2.75, 3.05) is 7.05 Å². The number of nitrogens with two attached hydrogens (primary N) is 1. The molecule has 1 aromatic rings. The fraction of sp³-hybridized carbons (Fsp3) is 0.500. The van der Waals surface area contributed by atoms with Gasteiger partial charge in [0.1, 0.15) is 6.23 Å².